The zero-order valence-electron chi connectivity index (χ0n) is 11.1. The van der Waals surface area contributed by atoms with Crippen molar-refractivity contribution in [2.24, 2.45) is 0 Å². The number of benzene rings is 1. The van der Waals surface area contributed by atoms with Gasteiger partial charge >= 0.3 is 0 Å². The molecule has 0 saturated carbocycles. The first-order valence-corrected chi connectivity index (χ1v) is 7.76. The average Bonchev–Trinajstić information content (AvgIpc) is 2.92. The summed E-state index contributed by atoms with van der Waals surface area (Å²) in [6, 6.07) is 10.0. The van der Waals surface area contributed by atoms with Gasteiger partial charge in [0.25, 0.3) is 5.56 Å². The number of fused-ring (bicyclic) bond motifs is 1. The van der Waals surface area contributed by atoms with Crippen molar-refractivity contribution in [3.8, 4) is 0 Å². The maximum Gasteiger partial charge on any atom is 0.263 e. The van der Waals surface area contributed by atoms with Gasteiger partial charge in [-0.1, -0.05) is 31.2 Å². The SMILES string of the molecule is CCc1ccccc1Cn1c(=S)[nH]c2sccc2c1=O. The van der Waals surface area contributed by atoms with Crippen LogP contribution in [-0.4, -0.2) is 9.55 Å². The topological polar surface area (TPSA) is 37.8 Å². The molecule has 1 N–H and O–H groups in total. The molecule has 0 bridgehead atoms. The van der Waals surface area contributed by atoms with Crippen LogP contribution in [0.3, 0.4) is 0 Å². The highest BCUT2D eigenvalue weighted by atomic mass is 32.1. The van der Waals surface area contributed by atoms with E-state index in [1.807, 2.05) is 23.6 Å². The lowest BCUT2D eigenvalue weighted by Crippen LogP contribution is -2.22. The molecule has 0 aliphatic rings. The average molecular weight is 302 g/mol. The summed E-state index contributed by atoms with van der Waals surface area (Å²) >= 11 is 6.83. The van der Waals surface area contributed by atoms with Crippen LogP contribution in [0, 0.1) is 4.77 Å². The highest BCUT2D eigenvalue weighted by Gasteiger charge is 2.08. The maximum atomic E-state index is 12.5. The lowest BCUT2D eigenvalue weighted by molar-refractivity contribution is 0.728. The number of aryl methyl sites for hydroxylation is 1. The van der Waals surface area contributed by atoms with E-state index in [0.29, 0.717) is 16.7 Å². The number of rotatable bonds is 3. The zero-order chi connectivity index (χ0) is 14.1. The van der Waals surface area contributed by atoms with E-state index in [1.54, 1.807) is 4.57 Å². The van der Waals surface area contributed by atoms with Crippen molar-refractivity contribution < 1.29 is 0 Å². The Morgan fingerprint density at radius 2 is 2.00 bits per heavy atom. The minimum Gasteiger partial charge on any atom is -0.323 e. The Kier molecular flexibility index (Phi) is 3.54. The lowest BCUT2D eigenvalue weighted by Gasteiger charge is -2.10. The fourth-order valence-electron chi connectivity index (χ4n) is 2.35. The normalized spacial score (nSPS) is 11.1. The van der Waals surface area contributed by atoms with Gasteiger partial charge in [0.15, 0.2) is 4.77 Å². The molecule has 2 heterocycles. The lowest BCUT2D eigenvalue weighted by atomic mass is 10.1. The first-order valence-electron chi connectivity index (χ1n) is 6.48. The molecule has 102 valence electrons. The van der Waals surface area contributed by atoms with Crippen molar-refractivity contribution in [2.75, 3.05) is 0 Å². The summed E-state index contributed by atoms with van der Waals surface area (Å²) in [6.07, 6.45) is 0.947. The van der Waals surface area contributed by atoms with Gasteiger partial charge in [0.05, 0.1) is 11.9 Å². The van der Waals surface area contributed by atoms with E-state index in [9.17, 15) is 4.79 Å². The van der Waals surface area contributed by atoms with Crippen LogP contribution in [0.15, 0.2) is 40.5 Å². The second-order valence-electron chi connectivity index (χ2n) is 4.61. The molecule has 3 nitrogen and oxygen atoms in total. The standard InChI is InChI=1S/C15H14N2OS2/c1-2-10-5-3-4-6-11(10)9-17-14(18)12-7-8-20-13(12)16-15(17)19/h3-8H,2,9H2,1H3,(H,16,19). The fourth-order valence-corrected chi connectivity index (χ4v) is 3.44. The smallest absolute Gasteiger partial charge is 0.263 e. The molecule has 5 heteroatoms. The number of aromatic amines is 1. The maximum absolute atomic E-state index is 12.5. The van der Waals surface area contributed by atoms with E-state index in [2.05, 4.69) is 24.0 Å². The summed E-state index contributed by atoms with van der Waals surface area (Å²) in [5.41, 5.74) is 2.38. The van der Waals surface area contributed by atoms with Gasteiger partial charge in [0.1, 0.15) is 4.83 Å². The van der Waals surface area contributed by atoms with E-state index < -0.39 is 0 Å². The van der Waals surface area contributed by atoms with Gasteiger partial charge in [-0.2, -0.15) is 0 Å². The number of aromatic nitrogens is 2. The summed E-state index contributed by atoms with van der Waals surface area (Å²) in [4.78, 5) is 16.5. The highest BCUT2D eigenvalue weighted by molar-refractivity contribution is 7.71. The molecule has 0 spiro atoms. The first kappa shape index (κ1) is 13.3. The van der Waals surface area contributed by atoms with Gasteiger partial charge in [-0.05, 0) is 41.2 Å². The molecule has 0 fully saturated rings. The number of nitrogens with one attached hydrogen (secondary N) is 1. The minimum absolute atomic E-state index is 0.0177. The number of H-pyrrole nitrogens is 1. The first-order chi connectivity index (χ1) is 9.70. The molecule has 1 aromatic carbocycles. The largest absolute Gasteiger partial charge is 0.323 e. The van der Waals surface area contributed by atoms with Crippen molar-refractivity contribution in [3.63, 3.8) is 0 Å². The van der Waals surface area contributed by atoms with E-state index in [0.717, 1.165) is 16.8 Å². The van der Waals surface area contributed by atoms with Crippen LogP contribution in [0.5, 0.6) is 0 Å². The summed E-state index contributed by atoms with van der Waals surface area (Å²) < 4.78 is 2.12. The highest BCUT2D eigenvalue weighted by Crippen LogP contribution is 2.15. The monoisotopic (exact) mass is 302 g/mol. The van der Waals surface area contributed by atoms with E-state index in [4.69, 9.17) is 12.2 Å². The van der Waals surface area contributed by atoms with Crippen molar-refractivity contribution in [2.45, 2.75) is 19.9 Å². The van der Waals surface area contributed by atoms with E-state index in [1.165, 1.54) is 16.9 Å². The molecule has 2 aromatic heterocycles. The van der Waals surface area contributed by atoms with Crippen LogP contribution >= 0.6 is 23.6 Å². The Balaban J connectivity index is 2.15. The molecule has 20 heavy (non-hydrogen) atoms. The van der Waals surface area contributed by atoms with Crippen molar-refractivity contribution in [1.29, 1.82) is 0 Å². The van der Waals surface area contributed by atoms with Gasteiger partial charge in [-0.3, -0.25) is 9.36 Å². The van der Waals surface area contributed by atoms with Crippen LogP contribution in [0.25, 0.3) is 10.2 Å². The van der Waals surface area contributed by atoms with Crippen LogP contribution < -0.4 is 5.56 Å². The molecular formula is C15H14N2OS2. The molecule has 3 rings (SSSR count). The number of hydrogen-bond acceptors (Lipinski definition) is 3. The van der Waals surface area contributed by atoms with Gasteiger partial charge in [-0.15, -0.1) is 11.3 Å². The number of thiophene rings is 1. The predicted molar refractivity (Wildman–Crippen MR) is 86.2 cm³/mol. The fraction of sp³-hybridized carbons (Fsp3) is 0.200. The second kappa shape index (κ2) is 5.34. The van der Waals surface area contributed by atoms with E-state index in [-0.39, 0.29) is 5.56 Å². The van der Waals surface area contributed by atoms with Crippen LogP contribution in [0.4, 0.5) is 0 Å². The molecule has 0 radical (unpaired) electrons. The minimum atomic E-state index is -0.0177. The summed E-state index contributed by atoms with van der Waals surface area (Å²) in [6.45, 7) is 2.63. The van der Waals surface area contributed by atoms with Crippen LogP contribution in [0.1, 0.15) is 18.1 Å². The summed E-state index contributed by atoms with van der Waals surface area (Å²) in [5, 5.41) is 2.61. The van der Waals surface area contributed by atoms with Gasteiger partial charge < -0.3 is 4.98 Å². The van der Waals surface area contributed by atoms with Crippen molar-refractivity contribution in [1.82, 2.24) is 9.55 Å². The molecule has 0 aliphatic heterocycles. The third kappa shape index (κ3) is 2.23. The Bertz CT molecular complexity index is 873. The molecule has 0 amide bonds. The van der Waals surface area contributed by atoms with Crippen LogP contribution in [0.2, 0.25) is 0 Å². The zero-order valence-corrected chi connectivity index (χ0v) is 12.7. The third-order valence-corrected chi connectivity index (χ3v) is 4.59. The second-order valence-corrected chi connectivity index (χ2v) is 5.91. The van der Waals surface area contributed by atoms with Crippen molar-refractivity contribution in [3.05, 3.63) is 62.0 Å². The molecule has 3 aromatic rings. The Hall–Kier alpha value is -1.72. The molecule has 0 atom stereocenters. The Morgan fingerprint density at radius 3 is 2.75 bits per heavy atom. The predicted octanol–water partition coefficient (Wildman–Crippen LogP) is 3.73. The van der Waals surface area contributed by atoms with Gasteiger partial charge in [-0.25, -0.2) is 0 Å². The molecule has 0 unspecified atom stereocenters. The third-order valence-electron chi connectivity index (χ3n) is 3.43. The summed E-state index contributed by atoms with van der Waals surface area (Å²) in [7, 11) is 0. The van der Waals surface area contributed by atoms with E-state index >= 15 is 0 Å². The van der Waals surface area contributed by atoms with Crippen molar-refractivity contribution >= 4 is 33.8 Å². The molecule has 0 aliphatic carbocycles. The van der Waals surface area contributed by atoms with Crippen LogP contribution in [-0.2, 0) is 13.0 Å². The summed E-state index contributed by atoms with van der Waals surface area (Å²) in [5.74, 6) is 0. The quantitative estimate of drug-likeness (QED) is 0.749. The number of nitrogens with zero attached hydrogens (tertiary/aromatic N) is 1. The Labute approximate surface area is 125 Å². The molecule has 0 saturated heterocycles. The Morgan fingerprint density at radius 1 is 1.25 bits per heavy atom. The van der Waals surface area contributed by atoms with Gasteiger partial charge in [0, 0.05) is 0 Å². The number of hydrogen-bond donors (Lipinski definition) is 1. The van der Waals surface area contributed by atoms with Gasteiger partial charge in [0.2, 0.25) is 0 Å². The molecular weight excluding hydrogens is 288 g/mol.